The van der Waals surface area contributed by atoms with Crippen LogP contribution in [0.1, 0.15) is 32.9 Å². The van der Waals surface area contributed by atoms with Crippen LogP contribution in [0.5, 0.6) is 0 Å². The number of nitrogens with two attached hydrogens (primary N) is 1. The predicted octanol–water partition coefficient (Wildman–Crippen LogP) is 2.18. The number of rotatable bonds is 8. The van der Waals surface area contributed by atoms with Crippen molar-refractivity contribution in [2.24, 2.45) is 5.73 Å². The molecule has 0 aliphatic carbocycles. The van der Waals surface area contributed by atoms with E-state index in [1.165, 1.54) is 6.20 Å². The van der Waals surface area contributed by atoms with Gasteiger partial charge in [-0.15, -0.1) is 0 Å². The fourth-order valence-corrected chi connectivity index (χ4v) is 3.73. The van der Waals surface area contributed by atoms with Gasteiger partial charge in [0.25, 0.3) is 5.91 Å². The van der Waals surface area contributed by atoms with Crippen LogP contribution in [0, 0.1) is 0 Å². The number of nitrogens with one attached hydrogen (secondary N) is 1. The summed E-state index contributed by atoms with van der Waals surface area (Å²) in [6.45, 7) is 2.96. The molecular weight excluding hydrogens is 418 g/mol. The lowest BCUT2D eigenvalue weighted by molar-refractivity contribution is -0.134. The van der Waals surface area contributed by atoms with Crippen molar-refractivity contribution in [3.63, 3.8) is 0 Å². The van der Waals surface area contributed by atoms with E-state index in [9.17, 15) is 9.59 Å². The summed E-state index contributed by atoms with van der Waals surface area (Å²) in [5, 5.41) is 3.20. The van der Waals surface area contributed by atoms with Crippen LogP contribution in [-0.2, 0) is 28.9 Å². The second-order valence-electron chi connectivity index (χ2n) is 7.92. The van der Waals surface area contributed by atoms with Crippen LogP contribution in [0.4, 0.5) is 5.82 Å². The number of primary amides is 1. The van der Waals surface area contributed by atoms with Crippen molar-refractivity contribution in [1.82, 2.24) is 14.9 Å². The Morgan fingerprint density at radius 1 is 1.00 bits per heavy atom. The number of aromatic nitrogens is 2. The Hall–Kier alpha value is -3.78. The molecule has 170 valence electrons. The number of carbonyl (C=O) groups is 2. The molecule has 2 amide bonds. The molecule has 8 heteroatoms. The van der Waals surface area contributed by atoms with Gasteiger partial charge in [-0.05, 0) is 16.7 Å². The van der Waals surface area contributed by atoms with Gasteiger partial charge in [0.2, 0.25) is 5.91 Å². The van der Waals surface area contributed by atoms with E-state index in [0.717, 1.165) is 16.7 Å². The first-order valence-electron chi connectivity index (χ1n) is 11.0. The Morgan fingerprint density at radius 2 is 1.73 bits per heavy atom. The van der Waals surface area contributed by atoms with Gasteiger partial charge in [-0.25, -0.2) is 9.97 Å². The maximum Gasteiger partial charge on any atom is 0.254 e. The lowest BCUT2D eigenvalue weighted by Crippen LogP contribution is -2.41. The molecule has 0 unspecified atom stereocenters. The molecule has 3 N–H and O–H groups in total. The standard InChI is InChI=1S/C25H27N5O3/c26-24(32)21-17-27-22(29-25(21)28-16-18-5-2-1-3-6-18)14-19-7-4-8-20(13-19)15-23(31)30-9-11-33-12-10-30/h1-8,13,17H,9-12,14-16H2,(H2,26,32)(H,27,28,29). The molecule has 3 aromatic rings. The quantitative estimate of drug-likeness (QED) is 0.550. The fourth-order valence-electron chi connectivity index (χ4n) is 3.73. The molecule has 2 heterocycles. The summed E-state index contributed by atoms with van der Waals surface area (Å²) in [7, 11) is 0. The van der Waals surface area contributed by atoms with E-state index in [0.29, 0.717) is 57.3 Å². The van der Waals surface area contributed by atoms with Crippen LogP contribution >= 0.6 is 0 Å². The van der Waals surface area contributed by atoms with Gasteiger partial charge in [-0.3, -0.25) is 9.59 Å². The Labute approximate surface area is 192 Å². The number of benzene rings is 2. The monoisotopic (exact) mass is 445 g/mol. The van der Waals surface area contributed by atoms with Crippen molar-refractivity contribution in [3.8, 4) is 0 Å². The Morgan fingerprint density at radius 3 is 2.48 bits per heavy atom. The van der Waals surface area contributed by atoms with Crippen LogP contribution in [0.15, 0.2) is 60.8 Å². The third kappa shape index (κ3) is 6.14. The summed E-state index contributed by atoms with van der Waals surface area (Å²) in [6, 6.07) is 17.7. The van der Waals surface area contributed by atoms with E-state index in [-0.39, 0.29) is 11.5 Å². The Kier molecular flexibility index (Phi) is 7.26. The van der Waals surface area contributed by atoms with E-state index in [4.69, 9.17) is 10.5 Å². The number of hydrogen-bond acceptors (Lipinski definition) is 6. The zero-order valence-corrected chi connectivity index (χ0v) is 18.4. The number of carbonyl (C=O) groups excluding carboxylic acids is 2. The van der Waals surface area contributed by atoms with Gasteiger partial charge in [-0.1, -0.05) is 54.6 Å². The molecule has 8 nitrogen and oxygen atoms in total. The number of amides is 2. The molecule has 0 atom stereocenters. The lowest BCUT2D eigenvalue weighted by atomic mass is 10.0. The number of anilines is 1. The molecule has 0 spiro atoms. The molecule has 4 rings (SSSR count). The van der Waals surface area contributed by atoms with Crippen molar-refractivity contribution in [1.29, 1.82) is 0 Å². The average molecular weight is 446 g/mol. The second kappa shape index (κ2) is 10.7. The molecule has 1 saturated heterocycles. The van der Waals surface area contributed by atoms with Gasteiger partial charge in [0, 0.05) is 32.3 Å². The van der Waals surface area contributed by atoms with Gasteiger partial charge in [0.1, 0.15) is 11.6 Å². The van der Waals surface area contributed by atoms with Crippen molar-refractivity contribution in [3.05, 3.63) is 88.9 Å². The Balaban J connectivity index is 1.46. The maximum absolute atomic E-state index is 12.6. The summed E-state index contributed by atoms with van der Waals surface area (Å²) >= 11 is 0. The number of morpholine rings is 1. The normalized spacial score (nSPS) is 13.5. The van der Waals surface area contributed by atoms with Gasteiger partial charge >= 0.3 is 0 Å². The SMILES string of the molecule is NC(=O)c1cnc(Cc2cccc(CC(=O)N3CCOCC3)c2)nc1NCc1ccccc1. The summed E-state index contributed by atoms with van der Waals surface area (Å²) in [4.78, 5) is 35.1. The summed E-state index contributed by atoms with van der Waals surface area (Å²) in [6.07, 6.45) is 2.28. The molecule has 1 aliphatic heterocycles. The highest BCUT2D eigenvalue weighted by Gasteiger charge is 2.17. The summed E-state index contributed by atoms with van der Waals surface area (Å²) in [5.41, 5.74) is 8.76. The van der Waals surface area contributed by atoms with Crippen LogP contribution in [0.3, 0.4) is 0 Å². The topological polar surface area (TPSA) is 110 Å². The summed E-state index contributed by atoms with van der Waals surface area (Å²) in [5.74, 6) is 0.493. The summed E-state index contributed by atoms with van der Waals surface area (Å²) < 4.78 is 5.32. The first kappa shape index (κ1) is 22.4. The minimum atomic E-state index is -0.583. The lowest BCUT2D eigenvalue weighted by Gasteiger charge is -2.26. The average Bonchev–Trinajstić information content (AvgIpc) is 2.84. The third-order valence-corrected chi connectivity index (χ3v) is 5.48. The second-order valence-corrected chi connectivity index (χ2v) is 7.92. The third-order valence-electron chi connectivity index (χ3n) is 5.48. The zero-order chi connectivity index (χ0) is 23.0. The van der Waals surface area contributed by atoms with Crippen molar-refractivity contribution in [2.45, 2.75) is 19.4 Å². The first-order valence-corrected chi connectivity index (χ1v) is 11.0. The first-order chi connectivity index (χ1) is 16.1. The molecule has 33 heavy (non-hydrogen) atoms. The highest BCUT2D eigenvalue weighted by molar-refractivity contribution is 5.97. The van der Waals surface area contributed by atoms with E-state index in [2.05, 4.69) is 15.3 Å². The fraction of sp³-hybridized carbons (Fsp3) is 0.280. The Bertz CT molecular complexity index is 1110. The molecule has 2 aromatic carbocycles. The van der Waals surface area contributed by atoms with Gasteiger partial charge < -0.3 is 20.7 Å². The van der Waals surface area contributed by atoms with E-state index < -0.39 is 5.91 Å². The van der Waals surface area contributed by atoms with Crippen LogP contribution in [0.2, 0.25) is 0 Å². The highest BCUT2D eigenvalue weighted by atomic mass is 16.5. The maximum atomic E-state index is 12.6. The van der Waals surface area contributed by atoms with Gasteiger partial charge in [0.05, 0.1) is 25.2 Å². The van der Waals surface area contributed by atoms with Crippen molar-refractivity contribution >= 4 is 17.6 Å². The largest absolute Gasteiger partial charge is 0.378 e. The molecule has 0 bridgehead atoms. The van der Waals surface area contributed by atoms with Crippen molar-refractivity contribution < 1.29 is 14.3 Å². The zero-order valence-electron chi connectivity index (χ0n) is 18.4. The molecule has 0 radical (unpaired) electrons. The van der Waals surface area contributed by atoms with Gasteiger partial charge in [-0.2, -0.15) is 0 Å². The molecule has 1 aromatic heterocycles. The number of ether oxygens (including phenoxy) is 1. The minimum Gasteiger partial charge on any atom is -0.378 e. The van der Waals surface area contributed by atoms with Crippen LogP contribution < -0.4 is 11.1 Å². The van der Waals surface area contributed by atoms with E-state index in [1.807, 2.05) is 59.5 Å². The van der Waals surface area contributed by atoms with Crippen molar-refractivity contribution in [2.75, 3.05) is 31.6 Å². The molecule has 0 saturated carbocycles. The minimum absolute atomic E-state index is 0.102. The molecule has 1 fully saturated rings. The highest BCUT2D eigenvalue weighted by Crippen LogP contribution is 2.16. The molecular formula is C25H27N5O3. The predicted molar refractivity (Wildman–Crippen MR) is 125 cm³/mol. The van der Waals surface area contributed by atoms with Gasteiger partial charge in [0.15, 0.2) is 0 Å². The smallest absolute Gasteiger partial charge is 0.254 e. The number of nitrogens with zero attached hydrogens (tertiary/aromatic N) is 3. The molecule has 1 aliphatic rings. The number of hydrogen-bond donors (Lipinski definition) is 2. The van der Waals surface area contributed by atoms with E-state index in [1.54, 1.807) is 0 Å². The van der Waals surface area contributed by atoms with E-state index >= 15 is 0 Å². The van der Waals surface area contributed by atoms with Crippen LogP contribution in [-0.4, -0.2) is 53.0 Å². The van der Waals surface area contributed by atoms with Crippen LogP contribution in [0.25, 0.3) is 0 Å².